The third-order valence-electron chi connectivity index (χ3n) is 1.64. The van der Waals surface area contributed by atoms with Crippen LogP contribution < -0.4 is 0 Å². The summed E-state index contributed by atoms with van der Waals surface area (Å²) in [5, 5.41) is 0. The molecule has 0 aliphatic heterocycles. The largest absolute Gasteiger partial charge is 0.0651 e. The first-order valence-electron chi connectivity index (χ1n) is 3.60. The van der Waals surface area contributed by atoms with Gasteiger partial charge in [-0.1, -0.05) is 46.5 Å². The third-order valence-corrected chi connectivity index (χ3v) is 1.64. The number of hydrogen-bond acceptors (Lipinski definition) is 0. The Morgan fingerprint density at radius 3 is 2.50 bits per heavy atom. The van der Waals surface area contributed by atoms with Gasteiger partial charge in [0.1, 0.15) is 0 Å². The SMILES string of the molecule is [CH2]CCC[C@@H](C)CC. The van der Waals surface area contributed by atoms with Crippen molar-refractivity contribution in [2.24, 2.45) is 5.92 Å². The summed E-state index contributed by atoms with van der Waals surface area (Å²) in [5.74, 6) is 0.914. The molecule has 0 rings (SSSR count). The van der Waals surface area contributed by atoms with E-state index in [2.05, 4.69) is 20.8 Å². The van der Waals surface area contributed by atoms with Crippen molar-refractivity contribution < 1.29 is 0 Å². The molecule has 0 heteroatoms. The second-order valence-corrected chi connectivity index (χ2v) is 2.51. The van der Waals surface area contributed by atoms with Crippen LogP contribution in [-0.4, -0.2) is 0 Å². The van der Waals surface area contributed by atoms with Crippen LogP contribution in [0.2, 0.25) is 0 Å². The van der Waals surface area contributed by atoms with Gasteiger partial charge in [-0.3, -0.25) is 0 Å². The van der Waals surface area contributed by atoms with Crippen molar-refractivity contribution in [2.45, 2.75) is 39.5 Å². The summed E-state index contributed by atoms with van der Waals surface area (Å²) in [5.41, 5.74) is 0. The van der Waals surface area contributed by atoms with E-state index >= 15 is 0 Å². The molecule has 0 aliphatic carbocycles. The molecule has 0 amide bonds. The van der Waals surface area contributed by atoms with Gasteiger partial charge in [0.15, 0.2) is 0 Å². The molecule has 0 nitrogen and oxygen atoms in total. The van der Waals surface area contributed by atoms with E-state index in [1.54, 1.807) is 0 Å². The number of hydrogen-bond donors (Lipinski definition) is 0. The van der Waals surface area contributed by atoms with Gasteiger partial charge >= 0.3 is 0 Å². The van der Waals surface area contributed by atoms with Gasteiger partial charge in [-0.05, 0) is 5.92 Å². The predicted octanol–water partition coefficient (Wildman–Crippen LogP) is 3.04. The van der Waals surface area contributed by atoms with Crippen LogP contribution in [0.3, 0.4) is 0 Å². The standard InChI is InChI=1S/C8H17/c1-4-6-7-8(3)5-2/h8H,1,4-7H2,2-3H3/t8-/m0/s1. The summed E-state index contributed by atoms with van der Waals surface area (Å²) >= 11 is 0. The van der Waals surface area contributed by atoms with E-state index in [0.29, 0.717) is 0 Å². The molecular formula is C8H17. The third kappa shape index (κ3) is 4.17. The number of rotatable bonds is 4. The average molecular weight is 113 g/mol. The fourth-order valence-electron chi connectivity index (χ4n) is 0.697. The lowest BCUT2D eigenvalue weighted by molar-refractivity contribution is 0.498. The Morgan fingerprint density at radius 1 is 1.50 bits per heavy atom. The van der Waals surface area contributed by atoms with Crippen LogP contribution in [-0.2, 0) is 0 Å². The van der Waals surface area contributed by atoms with Crippen molar-refractivity contribution in [3.63, 3.8) is 0 Å². The summed E-state index contributed by atoms with van der Waals surface area (Å²) in [7, 11) is 0. The Labute approximate surface area is 53.3 Å². The zero-order chi connectivity index (χ0) is 6.41. The topological polar surface area (TPSA) is 0 Å². The maximum atomic E-state index is 3.79. The molecule has 8 heavy (non-hydrogen) atoms. The second kappa shape index (κ2) is 5.14. The van der Waals surface area contributed by atoms with Gasteiger partial charge < -0.3 is 0 Å². The first-order valence-corrected chi connectivity index (χ1v) is 3.60. The Balaban J connectivity index is 2.86. The molecule has 0 spiro atoms. The summed E-state index contributed by atoms with van der Waals surface area (Å²) in [6.45, 7) is 8.34. The van der Waals surface area contributed by atoms with Crippen LogP contribution in [0.25, 0.3) is 0 Å². The molecule has 0 N–H and O–H groups in total. The van der Waals surface area contributed by atoms with Crippen molar-refractivity contribution in [3.8, 4) is 0 Å². The van der Waals surface area contributed by atoms with Crippen molar-refractivity contribution in [1.82, 2.24) is 0 Å². The Bertz CT molecular complexity index is 39.3. The molecular weight excluding hydrogens is 96.1 g/mol. The second-order valence-electron chi connectivity index (χ2n) is 2.51. The minimum Gasteiger partial charge on any atom is -0.0651 e. The van der Waals surface area contributed by atoms with Crippen LogP contribution in [0.5, 0.6) is 0 Å². The highest BCUT2D eigenvalue weighted by molar-refractivity contribution is 4.50. The van der Waals surface area contributed by atoms with Gasteiger partial charge in [0.05, 0.1) is 0 Å². The van der Waals surface area contributed by atoms with Crippen LogP contribution in [0.15, 0.2) is 0 Å². The van der Waals surface area contributed by atoms with Crippen LogP contribution >= 0.6 is 0 Å². The van der Waals surface area contributed by atoms with Crippen molar-refractivity contribution >= 4 is 0 Å². The van der Waals surface area contributed by atoms with E-state index < -0.39 is 0 Å². The summed E-state index contributed by atoms with van der Waals surface area (Å²) in [6.07, 6.45) is 5.08. The molecule has 0 heterocycles. The quantitative estimate of drug-likeness (QED) is 0.525. The molecule has 0 aliphatic rings. The highest BCUT2D eigenvalue weighted by Crippen LogP contribution is 2.09. The van der Waals surface area contributed by atoms with E-state index in [9.17, 15) is 0 Å². The highest BCUT2D eigenvalue weighted by Gasteiger charge is 1.94. The lowest BCUT2D eigenvalue weighted by atomic mass is 10.0. The summed E-state index contributed by atoms with van der Waals surface area (Å²) in [4.78, 5) is 0. The fraction of sp³-hybridized carbons (Fsp3) is 0.875. The molecule has 0 bridgehead atoms. The Hall–Kier alpha value is 0. The van der Waals surface area contributed by atoms with Gasteiger partial charge in [-0.2, -0.15) is 0 Å². The van der Waals surface area contributed by atoms with Gasteiger partial charge in [-0.15, -0.1) is 0 Å². The first-order chi connectivity index (χ1) is 3.81. The Morgan fingerprint density at radius 2 is 2.12 bits per heavy atom. The lowest BCUT2D eigenvalue weighted by Crippen LogP contribution is -1.89. The average Bonchev–Trinajstić information content (AvgIpc) is 1.83. The zero-order valence-corrected chi connectivity index (χ0v) is 6.11. The zero-order valence-electron chi connectivity index (χ0n) is 6.11. The molecule has 0 aromatic carbocycles. The summed E-state index contributed by atoms with van der Waals surface area (Å²) < 4.78 is 0. The normalized spacial score (nSPS) is 13.9. The highest BCUT2D eigenvalue weighted by atomic mass is 14.0. The smallest absolute Gasteiger partial charge is 0.0445 e. The van der Waals surface area contributed by atoms with Crippen LogP contribution in [0.4, 0.5) is 0 Å². The summed E-state index contributed by atoms with van der Waals surface area (Å²) in [6, 6.07) is 0. The molecule has 0 fully saturated rings. The minimum absolute atomic E-state index is 0.914. The van der Waals surface area contributed by atoms with Gasteiger partial charge in [0.2, 0.25) is 0 Å². The van der Waals surface area contributed by atoms with E-state index in [-0.39, 0.29) is 0 Å². The van der Waals surface area contributed by atoms with E-state index in [1.807, 2.05) is 0 Å². The van der Waals surface area contributed by atoms with Crippen LogP contribution in [0, 0.1) is 12.8 Å². The van der Waals surface area contributed by atoms with Gasteiger partial charge in [0, 0.05) is 0 Å². The maximum absolute atomic E-state index is 3.79. The molecule has 1 radical (unpaired) electrons. The maximum Gasteiger partial charge on any atom is -0.0445 e. The molecule has 0 unspecified atom stereocenters. The van der Waals surface area contributed by atoms with Crippen molar-refractivity contribution in [3.05, 3.63) is 6.92 Å². The lowest BCUT2D eigenvalue weighted by Gasteiger charge is -2.04. The number of unbranched alkanes of at least 4 members (excludes halogenated alkanes) is 1. The van der Waals surface area contributed by atoms with Crippen molar-refractivity contribution in [2.75, 3.05) is 0 Å². The van der Waals surface area contributed by atoms with Crippen molar-refractivity contribution in [1.29, 1.82) is 0 Å². The molecule has 0 aromatic rings. The Kier molecular flexibility index (Phi) is 5.14. The van der Waals surface area contributed by atoms with E-state index in [1.165, 1.54) is 19.3 Å². The molecule has 1 atom stereocenters. The van der Waals surface area contributed by atoms with Crippen LogP contribution in [0.1, 0.15) is 39.5 Å². The predicted molar refractivity (Wildman–Crippen MR) is 38.7 cm³/mol. The fourth-order valence-corrected chi connectivity index (χ4v) is 0.697. The minimum atomic E-state index is 0.914. The monoisotopic (exact) mass is 113 g/mol. The first kappa shape index (κ1) is 8.00. The molecule has 0 aromatic heterocycles. The van der Waals surface area contributed by atoms with Gasteiger partial charge in [0.25, 0.3) is 0 Å². The van der Waals surface area contributed by atoms with E-state index in [0.717, 1.165) is 12.3 Å². The van der Waals surface area contributed by atoms with Gasteiger partial charge in [-0.25, -0.2) is 0 Å². The molecule has 49 valence electrons. The van der Waals surface area contributed by atoms with E-state index in [4.69, 9.17) is 0 Å². The molecule has 0 saturated carbocycles. The molecule has 0 saturated heterocycles.